The predicted octanol–water partition coefficient (Wildman–Crippen LogP) is 5.51. The molecule has 0 spiro atoms. The summed E-state index contributed by atoms with van der Waals surface area (Å²) in [4.78, 5) is 4.18. The van der Waals surface area contributed by atoms with Crippen molar-refractivity contribution in [2.45, 2.75) is 30.6 Å². The van der Waals surface area contributed by atoms with E-state index < -0.39 is 32.8 Å². The van der Waals surface area contributed by atoms with Crippen molar-refractivity contribution >= 4 is 43.2 Å². The minimum atomic E-state index is -4.59. The summed E-state index contributed by atoms with van der Waals surface area (Å²) in [5.74, 6) is 0. The minimum absolute atomic E-state index is 0.0125. The maximum Gasteiger partial charge on any atom is 0.417 e. The van der Waals surface area contributed by atoms with Gasteiger partial charge in [0, 0.05) is 23.8 Å². The minimum Gasteiger partial charge on any atom is -0.378 e. The van der Waals surface area contributed by atoms with E-state index in [1.807, 2.05) is 7.05 Å². The lowest BCUT2D eigenvalue weighted by Crippen LogP contribution is -2.27. The Morgan fingerprint density at radius 1 is 1.22 bits per heavy atom. The lowest BCUT2D eigenvalue weighted by atomic mass is 10.1. The summed E-state index contributed by atoms with van der Waals surface area (Å²) in [5, 5.41) is 2.57. The average Bonchev–Trinajstić information content (AvgIpc) is 3.10. The highest BCUT2D eigenvalue weighted by Crippen LogP contribution is 2.36. The number of hydrogen-bond acceptors (Lipinski definition) is 4. The molecule has 0 bridgehead atoms. The third-order valence-electron chi connectivity index (χ3n) is 4.58. The standard InChI is InChI=1S/C20H19BrClF3N4O2S/c1-12(13-3-5-16(17(22)7-13)20(23,24)25)28-32(30,31)19-6-4-14(21)8-18(19)26-9-15-10-29(2)11-27-15/h3-8,10-12,26,28H,9H2,1-2H3. The van der Waals surface area contributed by atoms with Gasteiger partial charge in [0.05, 0.1) is 34.8 Å². The van der Waals surface area contributed by atoms with E-state index in [-0.39, 0.29) is 4.90 Å². The molecule has 0 saturated heterocycles. The zero-order valence-electron chi connectivity index (χ0n) is 16.9. The highest BCUT2D eigenvalue weighted by molar-refractivity contribution is 9.10. The fourth-order valence-corrected chi connectivity index (χ4v) is 5.07. The summed E-state index contributed by atoms with van der Waals surface area (Å²) >= 11 is 9.10. The van der Waals surface area contributed by atoms with Crippen LogP contribution < -0.4 is 10.0 Å². The van der Waals surface area contributed by atoms with E-state index in [0.717, 1.165) is 17.8 Å². The van der Waals surface area contributed by atoms with Crippen LogP contribution in [0.15, 0.2) is 58.3 Å². The molecule has 0 aliphatic rings. The van der Waals surface area contributed by atoms with Gasteiger partial charge in [0.2, 0.25) is 10.0 Å². The number of rotatable bonds is 7. The first-order valence-electron chi connectivity index (χ1n) is 9.26. The number of aromatic nitrogens is 2. The van der Waals surface area contributed by atoms with Crippen LogP contribution in [-0.4, -0.2) is 18.0 Å². The quantitative estimate of drug-likeness (QED) is 0.406. The van der Waals surface area contributed by atoms with Crippen molar-refractivity contribution in [3.63, 3.8) is 0 Å². The molecule has 2 aromatic carbocycles. The van der Waals surface area contributed by atoms with Crippen molar-refractivity contribution in [3.05, 3.63) is 75.2 Å². The number of imidazole rings is 1. The number of alkyl halides is 3. The molecule has 0 saturated carbocycles. The van der Waals surface area contributed by atoms with Gasteiger partial charge in [-0.25, -0.2) is 18.1 Å². The van der Waals surface area contributed by atoms with E-state index in [4.69, 9.17) is 11.6 Å². The fourth-order valence-electron chi connectivity index (χ4n) is 3.01. The number of anilines is 1. The first kappa shape index (κ1) is 24.6. The second kappa shape index (κ2) is 9.42. The zero-order chi connectivity index (χ0) is 23.7. The molecule has 0 fully saturated rings. The van der Waals surface area contributed by atoms with Crippen LogP contribution in [0.3, 0.4) is 0 Å². The van der Waals surface area contributed by atoms with Gasteiger partial charge in [-0.05, 0) is 42.8 Å². The second-order valence-corrected chi connectivity index (χ2v) is 10.1. The molecule has 0 amide bonds. The molecule has 1 unspecified atom stereocenters. The molecule has 32 heavy (non-hydrogen) atoms. The summed E-state index contributed by atoms with van der Waals surface area (Å²) < 4.78 is 69.9. The molecule has 1 aromatic heterocycles. The van der Waals surface area contributed by atoms with Crippen LogP contribution in [0, 0.1) is 0 Å². The SMILES string of the molecule is CC(NS(=O)(=O)c1ccc(Br)cc1NCc1cn(C)cn1)c1ccc(C(F)(F)F)c(Cl)c1. The highest BCUT2D eigenvalue weighted by Gasteiger charge is 2.33. The largest absolute Gasteiger partial charge is 0.417 e. The number of halogens is 5. The van der Waals surface area contributed by atoms with E-state index in [2.05, 4.69) is 31.0 Å². The van der Waals surface area contributed by atoms with Gasteiger partial charge in [-0.2, -0.15) is 13.2 Å². The number of hydrogen-bond donors (Lipinski definition) is 2. The van der Waals surface area contributed by atoms with Crippen molar-refractivity contribution in [1.29, 1.82) is 0 Å². The van der Waals surface area contributed by atoms with Crippen LogP contribution in [0.4, 0.5) is 18.9 Å². The predicted molar refractivity (Wildman–Crippen MR) is 120 cm³/mol. The first-order chi connectivity index (χ1) is 14.9. The number of nitrogens with one attached hydrogen (secondary N) is 2. The monoisotopic (exact) mass is 550 g/mol. The zero-order valence-corrected chi connectivity index (χ0v) is 20.1. The Morgan fingerprint density at radius 3 is 2.53 bits per heavy atom. The molecule has 1 atom stereocenters. The lowest BCUT2D eigenvalue weighted by Gasteiger charge is -2.19. The number of benzene rings is 2. The molecule has 0 aliphatic heterocycles. The van der Waals surface area contributed by atoms with Crippen molar-refractivity contribution in [1.82, 2.24) is 14.3 Å². The van der Waals surface area contributed by atoms with Gasteiger partial charge < -0.3 is 9.88 Å². The van der Waals surface area contributed by atoms with Crippen LogP contribution in [0.5, 0.6) is 0 Å². The molecule has 1 heterocycles. The molecule has 3 aromatic rings. The van der Waals surface area contributed by atoms with Crippen LogP contribution in [0.1, 0.15) is 29.8 Å². The summed E-state index contributed by atoms with van der Waals surface area (Å²) in [5.41, 5.74) is 0.380. The maximum absolute atomic E-state index is 13.1. The Morgan fingerprint density at radius 2 is 1.94 bits per heavy atom. The van der Waals surface area contributed by atoms with E-state index in [1.54, 1.807) is 29.2 Å². The summed E-state index contributed by atoms with van der Waals surface area (Å²) in [7, 11) is -2.21. The number of sulfonamides is 1. The van der Waals surface area contributed by atoms with Crippen LogP contribution >= 0.6 is 27.5 Å². The van der Waals surface area contributed by atoms with Crippen LogP contribution in [0.2, 0.25) is 5.02 Å². The summed E-state index contributed by atoms with van der Waals surface area (Å²) in [6.07, 6.45) is -1.16. The third kappa shape index (κ3) is 5.83. The Labute approximate surface area is 197 Å². The van der Waals surface area contributed by atoms with E-state index >= 15 is 0 Å². The van der Waals surface area contributed by atoms with Gasteiger partial charge in [-0.15, -0.1) is 0 Å². The van der Waals surface area contributed by atoms with Gasteiger partial charge in [-0.3, -0.25) is 0 Å². The first-order valence-corrected chi connectivity index (χ1v) is 11.9. The van der Waals surface area contributed by atoms with Crippen molar-refractivity contribution in [3.8, 4) is 0 Å². The van der Waals surface area contributed by atoms with Gasteiger partial charge in [-0.1, -0.05) is 33.6 Å². The molecular formula is C20H19BrClF3N4O2S. The Bertz CT molecular complexity index is 1230. The van der Waals surface area contributed by atoms with Gasteiger partial charge in [0.25, 0.3) is 0 Å². The smallest absolute Gasteiger partial charge is 0.378 e. The molecule has 3 rings (SSSR count). The average molecular weight is 552 g/mol. The molecule has 172 valence electrons. The van der Waals surface area contributed by atoms with Gasteiger partial charge in [0.1, 0.15) is 4.90 Å². The highest BCUT2D eigenvalue weighted by atomic mass is 79.9. The molecular weight excluding hydrogens is 533 g/mol. The molecule has 12 heteroatoms. The Hall–Kier alpha value is -2.08. The normalized spacial score (nSPS) is 13.2. The molecule has 0 aliphatic carbocycles. The lowest BCUT2D eigenvalue weighted by molar-refractivity contribution is -0.137. The summed E-state index contributed by atoms with van der Waals surface area (Å²) in [6.45, 7) is 1.82. The fraction of sp³-hybridized carbons (Fsp3) is 0.250. The molecule has 6 nitrogen and oxygen atoms in total. The number of aryl methyl sites for hydroxylation is 1. The molecule has 2 N–H and O–H groups in total. The number of nitrogens with zero attached hydrogens (tertiary/aromatic N) is 2. The van der Waals surface area contributed by atoms with E-state index in [9.17, 15) is 21.6 Å². The second-order valence-electron chi connectivity index (χ2n) is 7.10. The van der Waals surface area contributed by atoms with Crippen molar-refractivity contribution in [2.24, 2.45) is 7.05 Å². The van der Waals surface area contributed by atoms with Crippen LogP contribution in [0.25, 0.3) is 0 Å². The van der Waals surface area contributed by atoms with Crippen molar-refractivity contribution < 1.29 is 21.6 Å². The maximum atomic E-state index is 13.1. The van der Waals surface area contributed by atoms with E-state index in [1.165, 1.54) is 19.1 Å². The van der Waals surface area contributed by atoms with Crippen LogP contribution in [-0.2, 0) is 29.8 Å². The topological polar surface area (TPSA) is 76.0 Å². The Kier molecular flexibility index (Phi) is 7.23. The van der Waals surface area contributed by atoms with E-state index in [0.29, 0.717) is 22.3 Å². The van der Waals surface area contributed by atoms with Crippen molar-refractivity contribution in [2.75, 3.05) is 5.32 Å². The molecule has 0 radical (unpaired) electrons. The van der Waals surface area contributed by atoms with Gasteiger partial charge in [0.15, 0.2) is 0 Å². The third-order valence-corrected chi connectivity index (χ3v) is 6.98. The van der Waals surface area contributed by atoms with Gasteiger partial charge >= 0.3 is 6.18 Å². The Balaban J connectivity index is 1.84. The summed E-state index contributed by atoms with van der Waals surface area (Å²) in [6, 6.07) is 6.95.